The zero-order valence-electron chi connectivity index (χ0n) is 13.3. The summed E-state index contributed by atoms with van der Waals surface area (Å²) < 4.78 is 0. The lowest BCUT2D eigenvalue weighted by Gasteiger charge is -2.23. The van der Waals surface area contributed by atoms with Gasteiger partial charge in [0.25, 0.3) is 5.56 Å². The van der Waals surface area contributed by atoms with Gasteiger partial charge in [-0.1, -0.05) is 31.0 Å². The lowest BCUT2D eigenvalue weighted by atomic mass is 10.1. The highest BCUT2D eigenvalue weighted by atomic mass is 16.1. The van der Waals surface area contributed by atoms with E-state index in [4.69, 9.17) is 0 Å². The molecule has 1 aliphatic rings. The Morgan fingerprint density at radius 1 is 1.27 bits per heavy atom. The summed E-state index contributed by atoms with van der Waals surface area (Å²) in [6.07, 6.45) is 5.41. The van der Waals surface area contributed by atoms with Gasteiger partial charge in [0.1, 0.15) is 0 Å². The van der Waals surface area contributed by atoms with E-state index in [-0.39, 0.29) is 5.56 Å². The Kier molecular flexibility index (Phi) is 4.90. The van der Waals surface area contributed by atoms with Crippen molar-refractivity contribution in [2.24, 2.45) is 0 Å². The fraction of sp³-hybridized carbons (Fsp3) is 0.500. The molecule has 0 bridgehead atoms. The molecule has 4 heteroatoms. The smallest absolute Gasteiger partial charge is 0.252 e. The van der Waals surface area contributed by atoms with Gasteiger partial charge in [-0.25, -0.2) is 0 Å². The van der Waals surface area contributed by atoms with Crippen LogP contribution in [0.5, 0.6) is 0 Å². The van der Waals surface area contributed by atoms with Gasteiger partial charge in [0.05, 0.1) is 0 Å². The predicted octanol–water partition coefficient (Wildman–Crippen LogP) is 2.49. The molecule has 1 aromatic carbocycles. The summed E-state index contributed by atoms with van der Waals surface area (Å²) in [6.45, 7) is 2.58. The molecule has 2 N–H and O–H groups in total. The average molecular weight is 299 g/mol. The van der Waals surface area contributed by atoms with Gasteiger partial charge in [-0.15, -0.1) is 0 Å². The Balaban J connectivity index is 1.53. The van der Waals surface area contributed by atoms with Gasteiger partial charge < -0.3 is 15.2 Å². The van der Waals surface area contributed by atoms with Crippen LogP contribution < -0.4 is 10.9 Å². The van der Waals surface area contributed by atoms with Crippen LogP contribution in [0.15, 0.2) is 35.1 Å². The summed E-state index contributed by atoms with van der Waals surface area (Å²) in [6, 6.07) is 10.6. The van der Waals surface area contributed by atoms with Crippen molar-refractivity contribution >= 4 is 10.9 Å². The molecular formula is C18H25N3O. The lowest BCUT2D eigenvalue weighted by molar-refractivity contribution is 0.245. The third-order valence-corrected chi connectivity index (χ3v) is 4.74. The van der Waals surface area contributed by atoms with E-state index in [2.05, 4.69) is 22.2 Å². The third kappa shape index (κ3) is 3.57. The number of aromatic nitrogens is 1. The molecule has 1 aliphatic carbocycles. The largest absolute Gasteiger partial charge is 0.322 e. The molecular weight excluding hydrogens is 274 g/mol. The number of fused-ring (bicyclic) bond motifs is 1. The number of rotatable bonds is 6. The maximum Gasteiger partial charge on any atom is 0.252 e. The summed E-state index contributed by atoms with van der Waals surface area (Å²) in [5.41, 5.74) is 1.72. The first kappa shape index (κ1) is 15.3. The molecule has 0 aliphatic heterocycles. The number of nitrogens with one attached hydrogen (secondary N) is 2. The van der Waals surface area contributed by atoms with Crippen molar-refractivity contribution in [1.29, 1.82) is 0 Å². The second-order valence-electron chi connectivity index (χ2n) is 6.31. The van der Waals surface area contributed by atoms with Crippen molar-refractivity contribution < 1.29 is 0 Å². The van der Waals surface area contributed by atoms with E-state index in [1.165, 1.54) is 25.7 Å². The summed E-state index contributed by atoms with van der Waals surface area (Å²) in [5.74, 6) is 0. The SMILES string of the molecule is CN(CCNCc1cc2ccccc2[nH]c1=O)C1CCCC1. The molecule has 1 aromatic heterocycles. The molecule has 0 spiro atoms. The molecule has 0 saturated heterocycles. The van der Waals surface area contributed by atoms with E-state index in [1.807, 2.05) is 30.3 Å². The van der Waals surface area contributed by atoms with Crippen LogP contribution in [0.1, 0.15) is 31.2 Å². The monoisotopic (exact) mass is 299 g/mol. The Bertz CT molecular complexity index is 673. The van der Waals surface area contributed by atoms with E-state index < -0.39 is 0 Å². The fourth-order valence-corrected chi connectivity index (χ4v) is 3.33. The molecule has 4 nitrogen and oxygen atoms in total. The molecule has 1 fully saturated rings. The summed E-state index contributed by atoms with van der Waals surface area (Å²) in [4.78, 5) is 17.5. The Morgan fingerprint density at radius 3 is 2.86 bits per heavy atom. The molecule has 2 aromatic rings. The minimum absolute atomic E-state index is 0.00958. The molecule has 1 saturated carbocycles. The zero-order valence-corrected chi connectivity index (χ0v) is 13.3. The highest BCUT2D eigenvalue weighted by Crippen LogP contribution is 2.21. The summed E-state index contributed by atoms with van der Waals surface area (Å²) in [5, 5.41) is 4.49. The Labute approximate surface area is 131 Å². The minimum Gasteiger partial charge on any atom is -0.322 e. The van der Waals surface area contributed by atoms with E-state index in [0.29, 0.717) is 6.54 Å². The quantitative estimate of drug-likeness (QED) is 0.806. The van der Waals surface area contributed by atoms with Gasteiger partial charge in [0, 0.05) is 36.8 Å². The first-order valence-electron chi connectivity index (χ1n) is 8.26. The first-order chi connectivity index (χ1) is 10.7. The van der Waals surface area contributed by atoms with Crippen LogP contribution in [0.25, 0.3) is 10.9 Å². The zero-order chi connectivity index (χ0) is 15.4. The standard InChI is InChI=1S/C18H25N3O/c1-21(16-7-3-4-8-16)11-10-19-13-15-12-14-6-2-5-9-17(14)20-18(15)22/h2,5-6,9,12,16,19H,3-4,7-8,10-11,13H2,1H3,(H,20,22). The predicted molar refractivity (Wildman–Crippen MR) is 91.2 cm³/mol. The summed E-state index contributed by atoms with van der Waals surface area (Å²) in [7, 11) is 2.21. The fourth-order valence-electron chi connectivity index (χ4n) is 3.33. The van der Waals surface area contributed by atoms with Crippen molar-refractivity contribution in [2.45, 2.75) is 38.3 Å². The maximum atomic E-state index is 12.1. The van der Waals surface area contributed by atoms with Crippen molar-refractivity contribution in [2.75, 3.05) is 20.1 Å². The van der Waals surface area contributed by atoms with Crippen molar-refractivity contribution in [1.82, 2.24) is 15.2 Å². The average Bonchev–Trinajstić information content (AvgIpc) is 3.06. The second-order valence-corrected chi connectivity index (χ2v) is 6.31. The van der Waals surface area contributed by atoms with Crippen LogP contribution in [0.3, 0.4) is 0 Å². The Morgan fingerprint density at radius 2 is 2.05 bits per heavy atom. The maximum absolute atomic E-state index is 12.1. The van der Waals surface area contributed by atoms with E-state index in [0.717, 1.165) is 35.6 Å². The minimum atomic E-state index is 0.00958. The third-order valence-electron chi connectivity index (χ3n) is 4.74. The van der Waals surface area contributed by atoms with Gasteiger partial charge in [0.2, 0.25) is 0 Å². The molecule has 0 amide bonds. The summed E-state index contributed by atoms with van der Waals surface area (Å²) >= 11 is 0. The van der Waals surface area contributed by atoms with Crippen LogP contribution >= 0.6 is 0 Å². The number of hydrogen-bond acceptors (Lipinski definition) is 3. The van der Waals surface area contributed by atoms with Crippen LogP contribution in [0.2, 0.25) is 0 Å². The molecule has 0 radical (unpaired) electrons. The number of likely N-dealkylation sites (N-methyl/N-ethyl adjacent to an activating group) is 1. The van der Waals surface area contributed by atoms with Crippen LogP contribution in [-0.4, -0.2) is 36.1 Å². The molecule has 22 heavy (non-hydrogen) atoms. The molecule has 0 unspecified atom stereocenters. The number of nitrogens with zero attached hydrogens (tertiary/aromatic N) is 1. The van der Waals surface area contributed by atoms with Gasteiger partial charge in [-0.05, 0) is 37.4 Å². The molecule has 1 heterocycles. The van der Waals surface area contributed by atoms with Gasteiger partial charge >= 0.3 is 0 Å². The normalized spacial score (nSPS) is 15.9. The topological polar surface area (TPSA) is 48.1 Å². The lowest BCUT2D eigenvalue weighted by Crippen LogP contribution is -2.35. The number of pyridine rings is 1. The van der Waals surface area contributed by atoms with Gasteiger partial charge in [-0.3, -0.25) is 4.79 Å². The molecule has 118 valence electrons. The molecule has 0 atom stereocenters. The number of H-pyrrole nitrogens is 1. The number of hydrogen-bond donors (Lipinski definition) is 2. The van der Waals surface area contributed by atoms with Gasteiger partial charge in [-0.2, -0.15) is 0 Å². The van der Waals surface area contributed by atoms with E-state index in [9.17, 15) is 4.79 Å². The second kappa shape index (κ2) is 7.07. The van der Waals surface area contributed by atoms with Crippen molar-refractivity contribution in [3.63, 3.8) is 0 Å². The van der Waals surface area contributed by atoms with Crippen LogP contribution in [-0.2, 0) is 6.54 Å². The van der Waals surface area contributed by atoms with Crippen LogP contribution in [0.4, 0.5) is 0 Å². The van der Waals surface area contributed by atoms with Crippen LogP contribution in [0, 0.1) is 0 Å². The molecule has 3 rings (SSSR count). The van der Waals surface area contributed by atoms with E-state index in [1.54, 1.807) is 0 Å². The highest BCUT2D eigenvalue weighted by Gasteiger charge is 2.18. The number of aromatic amines is 1. The number of para-hydroxylation sites is 1. The number of benzene rings is 1. The first-order valence-corrected chi connectivity index (χ1v) is 8.26. The highest BCUT2D eigenvalue weighted by molar-refractivity contribution is 5.78. The van der Waals surface area contributed by atoms with Crippen molar-refractivity contribution in [3.8, 4) is 0 Å². The van der Waals surface area contributed by atoms with Gasteiger partial charge in [0.15, 0.2) is 0 Å². The van der Waals surface area contributed by atoms with Crippen molar-refractivity contribution in [3.05, 3.63) is 46.2 Å². The van der Waals surface area contributed by atoms with E-state index >= 15 is 0 Å². The Hall–Kier alpha value is -1.65.